The molecule has 0 unspecified atom stereocenters. The van der Waals surface area contributed by atoms with Crippen LogP contribution < -0.4 is 11.1 Å². The maximum absolute atomic E-state index is 12.0. The van der Waals surface area contributed by atoms with Crippen LogP contribution in [0.15, 0.2) is 5.38 Å². The number of anilines is 1. The third-order valence-corrected chi connectivity index (χ3v) is 4.01. The summed E-state index contributed by atoms with van der Waals surface area (Å²) in [6.45, 7) is 5.90. The zero-order valence-corrected chi connectivity index (χ0v) is 12.3. The van der Waals surface area contributed by atoms with E-state index in [1.807, 2.05) is 12.3 Å². The molecule has 20 heavy (non-hydrogen) atoms. The van der Waals surface area contributed by atoms with Gasteiger partial charge in [-0.1, -0.05) is 0 Å². The van der Waals surface area contributed by atoms with Crippen molar-refractivity contribution in [3.05, 3.63) is 11.1 Å². The molecular weight excluding hydrogens is 278 g/mol. The molecule has 0 radical (unpaired) electrons. The molecular formula is C12H19N5O2S. The molecule has 1 saturated heterocycles. The van der Waals surface area contributed by atoms with E-state index < -0.39 is 11.8 Å². The lowest BCUT2D eigenvalue weighted by atomic mass is 10.3. The normalized spacial score (nSPS) is 16.2. The Morgan fingerprint density at radius 3 is 2.65 bits per heavy atom. The molecule has 0 aliphatic carbocycles. The summed E-state index contributed by atoms with van der Waals surface area (Å²) >= 11 is 1.31. The van der Waals surface area contributed by atoms with Crippen LogP contribution in [-0.4, -0.2) is 65.9 Å². The highest BCUT2D eigenvalue weighted by Gasteiger charge is 2.26. The number of thiazole rings is 1. The quantitative estimate of drug-likeness (QED) is 0.733. The summed E-state index contributed by atoms with van der Waals surface area (Å²) in [7, 11) is 0. The first-order valence-electron chi connectivity index (χ1n) is 6.55. The van der Waals surface area contributed by atoms with Crippen LogP contribution in [0, 0.1) is 6.92 Å². The third-order valence-electron chi connectivity index (χ3n) is 3.14. The van der Waals surface area contributed by atoms with Crippen molar-refractivity contribution < 1.29 is 9.59 Å². The van der Waals surface area contributed by atoms with Crippen molar-refractivity contribution in [3.8, 4) is 0 Å². The summed E-state index contributed by atoms with van der Waals surface area (Å²) < 4.78 is 0. The topological polar surface area (TPSA) is 91.6 Å². The highest BCUT2D eigenvalue weighted by Crippen LogP contribution is 2.14. The number of carbonyl (C=O) groups excluding carboxylic acids is 2. The molecule has 2 heterocycles. The van der Waals surface area contributed by atoms with Crippen molar-refractivity contribution in [3.63, 3.8) is 0 Å². The van der Waals surface area contributed by atoms with Crippen molar-refractivity contribution >= 4 is 28.3 Å². The molecule has 0 aromatic carbocycles. The Morgan fingerprint density at radius 1 is 1.40 bits per heavy atom. The van der Waals surface area contributed by atoms with Gasteiger partial charge in [0.2, 0.25) is 0 Å². The summed E-state index contributed by atoms with van der Waals surface area (Å²) in [5.74, 6) is -1.11. The minimum absolute atomic E-state index is 0.461. The Balaban J connectivity index is 1.84. The smallest absolute Gasteiger partial charge is 0.315 e. The molecule has 110 valence electrons. The molecule has 8 heteroatoms. The van der Waals surface area contributed by atoms with Crippen molar-refractivity contribution in [2.24, 2.45) is 5.73 Å². The van der Waals surface area contributed by atoms with Gasteiger partial charge in [-0.25, -0.2) is 4.98 Å². The largest absolute Gasteiger partial charge is 0.332 e. The zero-order chi connectivity index (χ0) is 14.5. The fourth-order valence-corrected chi connectivity index (χ4v) is 2.75. The maximum atomic E-state index is 12.0. The lowest BCUT2D eigenvalue weighted by Gasteiger charge is -2.33. The second kappa shape index (κ2) is 6.78. The highest BCUT2D eigenvalue weighted by molar-refractivity contribution is 7.14. The Bertz CT molecular complexity index is 482. The van der Waals surface area contributed by atoms with Crippen LogP contribution in [0.4, 0.5) is 5.13 Å². The lowest BCUT2D eigenvalue weighted by molar-refractivity contribution is -0.144. The fourth-order valence-electron chi connectivity index (χ4n) is 2.06. The number of carbonyl (C=O) groups is 2. The van der Waals surface area contributed by atoms with E-state index in [4.69, 9.17) is 5.73 Å². The summed E-state index contributed by atoms with van der Waals surface area (Å²) in [4.78, 5) is 31.7. The molecule has 0 saturated carbocycles. The summed E-state index contributed by atoms with van der Waals surface area (Å²) in [6, 6.07) is 0. The van der Waals surface area contributed by atoms with Gasteiger partial charge in [0.25, 0.3) is 0 Å². The highest BCUT2D eigenvalue weighted by atomic mass is 32.1. The SMILES string of the molecule is Cc1csc(NC(=O)C(=O)N2CCN(CCN)CC2)n1. The fraction of sp³-hybridized carbons (Fsp3) is 0.583. The predicted molar refractivity (Wildman–Crippen MR) is 77.6 cm³/mol. The molecule has 2 rings (SSSR count). The van der Waals surface area contributed by atoms with Gasteiger partial charge in [0.15, 0.2) is 5.13 Å². The number of aryl methyl sites for hydroxylation is 1. The van der Waals surface area contributed by atoms with Crippen molar-refractivity contribution in [2.75, 3.05) is 44.6 Å². The number of rotatable bonds is 3. The van der Waals surface area contributed by atoms with E-state index in [1.54, 1.807) is 4.90 Å². The minimum Gasteiger partial charge on any atom is -0.332 e. The molecule has 0 bridgehead atoms. The molecule has 2 amide bonds. The average Bonchev–Trinajstić information content (AvgIpc) is 2.84. The molecule has 0 atom stereocenters. The van der Waals surface area contributed by atoms with Gasteiger partial charge in [0.1, 0.15) is 0 Å². The second-order valence-corrected chi connectivity index (χ2v) is 5.53. The van der Waals surface area contributed by atoms with E-state index in [0.29, 0.717) is 24.8 Å². The van der Waals surface area contributed by atoms with Gasteiger partial charge in [-0.15, -0.1) is 11.3 Å². The van der Waals surface area contributed by atoms with Crippen LogP contribution in [-0.2, 0) is 9.59 Å². The molecule has 0 spiro atoms. The first-order valence-corrected chi connectivity index (χ1v) is 7.43. The number of nitrogens with two attached hydrogens (primary N) is 1. The standard InChI is InChI=1S/C12H19N5O2S/c1-9-8-20-12(14-9)15-10(18)11(19)17-6-4-16(3-2-13)5-7-17/h8H,2-7,13H2,1H3,(H,14,15,18). The van der Waals surface area contributed by atoms with E-state index in [2.05, 4.69) is 15.2 Å². The van der Waals surface area contributed by atoms with Gasteiger partial charge >= 0.3 is 11.8 Å². The first kappa shape index (κ1) is 14.9. The second-order valence-electron chi connectivity index (χ2n) is 4.67. The minimum atomic E-state index is -0.619. The molecule has 1 aliphatic rings. The summed E-state index contributed by atoms with van der Waals surface area (Å²) in [6.07, 6.45) is 0. The average molecular weight is 297 g/mol. The molecule has 1 fully saturated rings. The van der Waals surface area contributed by atoms with E-state index in [9.17, 15) is 9.59 Å². The number of nitrogens with zero attached hydrogens (tertiary/aromatic N) is 3. The van der Waals surface area contributed by atoms with Gasteiger partial charge in [0.05, 0.1) is 5.69 Å². The van der Waals surface area contributed by atoms with E-state index in [1.165, 1.54) is 11.3 Å². The zero-order valence-electron chi connectivity index (χ0n) is 11.5. The number of amides is 2. The summed E-state index contributed by atoms with van der Waals surface area (Å²) in [5.41, 5.74) is 6.32. The van der Waals surface area contributed by atoms with Crippen LogP contribution >= 0.6 is 11.3 Å². The molecule has 3 N–H and O–H groups in total. The van der Waals surface area contributed by atoms with E-state index >= 15 is 0 Å². The van der Waals surface area contributed by atoms with Crippen molar-refractivity contribution in [2.45, 2.75) is 6.92 Å². The number of aromatic nitrogens is 1. The number of nitrogens with one attached hydrogen (secondary N) is 1. The number of hydrogen-bond donors (Lipinski definition) is 2. The van der Waals surface area contributed by atoms with Gasteiger partial charge in [-0.05, 0) is 6.92 Å². The lowest BCUT2D eigenvalue weighted by Crippen LogP contribution is -2.52. The predicted octanol–water partition coefficient (Wildman–Crippen LogP) is -0.507. The van der Waals surface area contributed by atoms with Crippen LogP contribution in [0.1, 0.15) is 5.69 Å². The maximum Gasteiger partial charge on any atom is 0.315 e. The Kier molecular flexibility index (Phi) is 5.05. The Morgan fingerprint density at radius 2 is 2.10 bits per heavy atom. The summed E-state index contributed by atoms with van der Waals surface area (Å²) in [5, 5.41) is 4.83. The molecule has 7 nitrogen and oxygen atoms in total. The van der Waals surface area contributed by atoms with Crippen molar-refractivity contribution in [1.29, 1.82) is 0 Å². The molecule has 1 aromatic heterocycles. The molecule has 1 aliphatic heterocycles. The number of piperazine rings is 1. The van der Waals surface area contributed by atoms with Crippen LogP contribution in [0.3, 0.4) is 0 Å². The molecule has 1 aromatic rings. The van der Waals surface area contributed by atoms with Crippen LogP contribution in [0.25, 0.3) is 0 Å². The van der Waals surface area contributed by atoms with E-state index in [-0.39, 0.29) is 0 Å². The van der Waals surface area contributed by atoms with Crippen LogP contribution in [0.5, 0.6) is 0 Å². The number of hydrogen-bond acceptors (Lipinski definition) is 6. The monoisotopic (exact) mass is 297 g/mol. The van der Waals surface area contributed by atoms with Gasteiger partial charge in [-0.2, -0.15) is 0 Å². The van der Waals surface area contributed by atoms with E-state index in [0.717, 1.165) is 25.3 Å². The van der Waals surface area contributed by atoms with Gasteiger partial charge in [-0.3, -0.25) is 19.8 Å². The van der Waals surface area contributed by atoms with Crippen molar-refractivity contribution in [1.82, 2.24) is 14.8 Å². The Labute approximate surface area is 121 Å². The first-order chi connectivity index (χ1) is 9.60. The Hall–Kier alpha value is -1.51. The van der Waals surface area contributed by atoms with Crippen LogP contribution in [0.2, 0.25) is 0 Å². The van der Waals surface area contributed by atoms with Gasteiger partial charge < -0.3 is 10.6 Å². The third kappa shape index (κ3) is 3.75. The van der Waals surface area contributed by atoms with Gasteiger partial charge in [0, 0.05) is 44.6 Å².